The van der Waals surface area contributed by atoms with Gasteiger partial charge in [-0.2, -0.15) is 4.31 Å². The number of nitrogens with zero attached hydrogens (tertiary/aromatic N) is 1. The first-order valence-electron chi connectivity index (χ1n) is 8.46. The molecule has 1 amide bonds. The number of aromatic amines is 1. The Hall–Kier alpha value is -2.47. The van der Waals surface area contributed by atoms with Crippen LogP contribution < -0.4 is 5.32 Å². The molecule has 2 heterocycles. The van der Waals surface area contributed by atoms with E-state index in [2.05, 4.69) is 10.3 Å². The van der Waals surface area contributed by atoms with Crippen LogP contribution in [0, 0.1) is 5.82 Å². The normalized spacial score (nSPS) is 15.1. The lowest BCUT2D eigenvalue weighted by molar-refractivity contribution is -0.119. The fraction of sp³-hybridized carbons (Fsp3) is 0.294. The van der Waals surface area contributed by atoms with E-state index in [1.54, 1.807) is 0 Å². The lowest BCUT2D eigenvalue weighted by Crippen LogP contribution is -2.40. The summed E-state index contributed by atoms with van der Waals surface area (Å²) in [6.07, 6.45) is 1.18. The monoisotopic (exact) mass is 445 g/mol. The van der Waals surface area contributed by atoms with Gasteiger partial charge in [0.2, 0.25) is 10.0 Å². The van der Waals surface area contributed by atoms with Crippen molar-refractivity contribution in [3.63, 3.8) is 0 Å². The second kappa shape index (κ2) is 8.91. The number of hydrogen-bond acceptors (Lipinski definition) is 6. The molecule has 12 heteroatoms. The van der Waals surface area contributed by atoms with Crippen LogP contribution >= 0.6 is 11.6 Å². The van der Waals surface area contributed by atoms with Crippen molar-refractivity contribution in [3.05, 3.63) is 47.0 Å². The van der Waals surface area contributed by atoms with E-state index in [9.17, 15) is 22.4 Å². The average Bonchev–Trinajstić information content (AvgIpc) is 3.20. The van der Waals surface area contributed by atoms with Crippen LogP contribution in [-0.2, 0) is 24.3 Å². The van der Waals surface area contributed by atoms with Gasteiger partial charge in [0, 0.05) is 19.3 Å². The summed E-state index contributed by atoms with van der Waals surface area (Å²) in [5.74, 6) is -2.16. The van der Waals surface area contributed by atoms with E-state index >= 15 is 0 Å². The number of amides is 1. The number of H-pyrrole nitrogens is 1. The Bertz CT molecular complexity index is 1020. The van der Waals surface area contributed by atoms with Gasteiger partial charge in [-0.1, -0.05) is 11.6 Å². The van der Waals surface area contributed by atoms with Crippen molar-refractivity contribution in [2.45, 2.75) is 4.90 Å². The van der Waals surface area contributed by atoms with Crippen molar-refractivity contribution in [2.24, 2.45) is 0 Å². The smallest absolute Gasteiger partial charge is 0.355 e. The highest BCUT2D eigenvalue weighted by Crippen LogP contribution is 2.22. The second-order valence-corrected chi connectivity index (χ2v) is 8.36. The second-order valence-electron chi connectivity index (χ2n) is 6.01. The maximum atomic E-state index is 13.0. The van der Waals surface area contributed by atoms with Crippen LogP contribution in [0.15, 0.2) is 35.4 Å². The standard InChI is InChI=1S/C17H17ClFN3O6S/c18-13-7-11(19)1-2-14(13)21-16(23)10-28-17(24)15-8-12(9-20-15)29(25,26)22-3-5-27-6-4-22/h1-2,7-9,20H,3-6,10H2,(H,21,23). The van der Waals surface area contributed by atoms with E-state index in [1.165, 1.54) is 16.6 Å². The van der Waals surface area contributed by atoms with E-state index in [-0.39, 0.29) is 34.4 Å². The lowest BCUT2D eigenvalue weighted by atomic mass is 10.3. The number of rotatable bonds is 6. The summed E-state index contributed by atoms with van der Waals surface area (Å²) in [5, 5.41) is 2.37. The number of aromatic nitrogens is 1. The van der Waals surface area contributed by atoms with Crippen LogP contribution in [0.5, 0.6) is 0 Å². The van der Waals surface area contributed by atoms with Gasteiger partial charge >= 0.3 is 5.97 Å². The minimum Gasteiger partial charge on any atom is -0.451 e. The minimum atomic E-state index is -3.77. The van der Waals surface area contributed by atoms with Gasteiger partial charge in [0.1, 0.15) is 16.4 Å². The van der Waals surface area contributed by atoms with Crippen LogP contribution in [-0.4, -0.2) is 62.5 Å². The number of hydrogen-bond donors (Lipinski definition) is 2. The predicted molar refractivity (Wildman–Crippen MR) is 101 cm³/mol. The number of carbonyl (C=O) groups excluding carboxylic acids is 2. The third-order valence-electron chi connectivity index (χ3n) is 4.02. The van der Waals surface area contributed by atoms with E-state index in [0.29, 0.717) is 13.2 Å². The van der Waals surface area contributed by atoms with E-state index in [1.807, 2.05) is 0 Å². The van der Waals surface area contributed by atoms with Gasteiger partial charge in [-0.3, -0.25) is 4.79 Å². The van der Waals surface area contributed by atoms with Gasteiger partial charge in [-0.15, -0.1) is 0 Å². The Labute approximate surface area is 170 Å². The first-order valence-corrected chi connectivity index (χ1v) is 10.3. The summed E-state index contributed by atoms with van der Waals surface area (Å²) in [4.78, 5) is 26.4. The molecule has 0 aliphatic carbocycles. The number of morpholine rings is 1. The van der Waals surface area contributed by atoms with Gasteiger partial charge in [-0.25, -0.2) is 17.6 Å². The molecule has 3 rings (SSSR count). The quantitative estimate of drug-likeness (QED) is 0.652. The molecule has 2 aromatic rings. The summed E-state index contributed by atoms with van der Waals surface area (Å²) in [7, 11) is -3.77. The number of anilines is 1. The highest BCUT2D eigenvalue weighted by Gasteiger charge is 2.28. The summed E-state index contributed by atoms with van der Waals surface area (Å²) < 4.78 is 49.4. The molecule has 0 saturated carbocycles. The number of nitrogens with one attached hydrogen (secondary N) is 2. The van der Waals surface area contributed by atoms with Crippen molar-refractivity contribution in [3.8, 4) is 0 Å². The van der Waals surface area contributed by atoms with Gasteiger partial charge in [-0.05, 0) is 24.3 Å². The minimum absolute atomic E-state index is 0.00740. The van der Waals surface area contributed by atoms with Crippen LogP contribution in [0.3, 0.4) is 0 Å². The fourth-order valence-electron chi connectivity index (χ4n) is 2.56. The average molecular weight is 446 g/mol. The van der Waals surface area contributed by atoms with Crippen LogP contribution in [0.1, 0.15) is 10.5 Å². The highest BCUT2D eigenvalue weighted by molar-refractivity contribution is 7.89. The Morgan fingerprint density at radius 1 is 1.28 bits per heavy atom. The molecular formula is C17H17ClFN3O6S. The van der Waals surface area contributed by atoms with E-state index < -0.39 is 34.3 Å². The summed E-state index contributed by atoms with van der Waals surface area (Å²) in [5.41, 5.74) is 0.0392. The van der Waals surface area contributed by atoms with Gasteiger partial charge in [0.05, 0.1) is 23.9 Å². The Morgan fingerprint density at radius 3 is 2.69 bits per heavy atom. The largest absolute Gasteiger partial charge is 0.451 e. The zero-order valence-electron chi connectivity index (χ0n) is 15.0. The molecule has 1 aromatic carbocycles. The zero-order valence-corrected chi connectivity index (χ0v) is 16.6. The Kier molecular flexibility index (Phi) is 6.52. The zero-order chi connectivity index (χ0) is 21.0. The molecule has 0 radical (unpaired) electrons. The number of carbonyl (C=O) groups is 2. The molecule has 0 unspecified atom stereocenters. The number of ether oxygens (including phenoxy) is 2. The molecule has 0 atom stereocenters. The first kappa shape index (κ1) is 21.2. The molecule has 29 heavy (non-hydrogen) atoms. The van der Waals surface area contributed by atoms with Gasteiger partial charge in [0.15, 0.2) is 6.61 Å². The first-order chi connectivity index (χ1) is 13.8. The van der Waals surface area contributed by atoms with Crippen molar-refractivity contribution < 1.29 is 31.9 Å². The molecule has 156 valence electrons. The molecule has 0 bridgehead atoms. The third-order valence-corrected chi connectivity index (χ3v) is 6.21. The molecule has 1 saturated heterocycles. The number of halogens is 2. The van der Waals surface area contributed by atoms with Crippen LogP contribution in [0.4, 0.5) is 10.1 Å². The number of benzene rings is 1. The summed E-state index contributed by atoms with van der Waals surface area (Å²) in [6.45, 7) is 0.396. The van der Waals surface area contributed by atoms with Crippen molar-refractivity contribution in [1.29, 1.82) is 0 Å². The summed E-state index contributed by atoms with van der Waals surface area (Å²) in [6, 6.07) is 4.55. The molecule has 9 nitrogen and oxygen atoms in total. The van der Waals surface area contributed by atoms with Crippen molar-refractivity contribution >= 4 is 39.2 Å². The molecule has 1 aliphatic heterocycles. The molecule has 0 spiro atoms. The fourth-order valence-corrected chi connectivity index (χ4v) is 4.18. The third kappa shape index (κ3) is 5.12. The summed E-state index contributed by atoms with van der Waals surface area (Å²) >= 11 is 5.81. The molecular weight excluding hydrogens is 429 g/mol. The number of esters is 1. The van der Waals surface area contributed by atoms with Crippen molar-refractivity contribution in [2.75, 3.05) is 38.2 Å². The van der Waals surface area contributed by atoms with Crippen molar-refractivity contribution in [1.82, 2.24) is 9.29 Å². The Morgan fingerprint density at radius 2 is 2.00 bits per heavy atom. The maximum Gasteiger partial charge on any atom is 0.355 e. The van der Waals surface area contributed by atoms with Crippen LogP contribution in [0.2, 0.25) is 5.02 Å². The Balaban J connectivity index is 1.58. The highest BCUT2D eigenvalue weighted by atomic mass is 35.5. The molecule has 1 aliphatic rings. The predicted octanol–water partition coefficient (Wildman–Crippen LogP) is 1.62. The lowest BCUT2D eigenvalue weighted by Gasteiger charge is -2.25. The topological polar surface area (TPSA) is 118 Å². The maximum absolute atomic E-state index is 13.0. The van der Waals surface area contributed by atoms with E-state index in [4.69, 9.17) is 21.1 Å². The van der Waals surface area contributed by atoms with E-state index in [0.717, 1.165) is 18.2 Å². The van der Waals surface area contributed by atoms with Gasteiger partial charge < -0.3 is 19.8 Å². The van der Waals surface area contributed by atoms with Crippen LogP contribution in [0.25, 0.3) is 0 Å². The SMILES string of the molecule is O=C(COC(=O)c1cc(S(=O)(=O)N2CCOCC2)c[nH]1)Nc1ccc(F)cc1Cl. The molecule has 2 N–H and O–H groups in total. The number of sulfonamides is 1. The van der Waals surface area contributed by atoms with Gasteiger partial charge in [0.25, 0.3) is 5.91 Å². The molecule has 1 aromatic heterocycles. The molecule has 1 fully saturated rings.